The number of ether oxygens (including phenoxy) is 2. The van der Waals surface area contributed by atoms with Gasteiger partial charge in [-0.3, -0.25) is 4.79 Å². The van der Waals surface area contributed by atoms with Gasteiger partial charge in [0.05, 0.1) is 13.2 Å². The van der Waals surface area contributed by atoms with Crippen molar-refractivity contribution in [1.82, 2.24) is 0 Å². The molecule has 19 heavy (non-hydrogen) atoms. The first-order valence-electron chi connectivity index (χ1n) is 7.06. The van der Waals surface area contributed by atoms with Gasteiger partial charge in [-0.05, 0) is 50.8 Å². The van der Waals surface area contributed by atoms with Crippen molar-refractivity contribution in [2.75, 3.05) is 7.11 Å². The molecular formula is C16H22O3. The Bertz CT molecular complexity index is 432. The van der Waals surface area contributed by atoms with E-state index in [1.54, 1.807) is 26.2 Å². The van der Waals surface area contributed by atoms with Gasteiger partial charge in [-0.1, -0.05) is 12.8 Å². The maximum Gasteiger partial charge on any atom is 0.161 e. The number of benzene rings is 1. The van der Waals surface area contributed by atoms with E-state index in [-0.39, 0.29) is 11.9 Å². The lowest BCUT2D eigenvalue weighted by Crippen LogP contribution is -2.15. The van der Waals surface area contributed by atoms with Gasteiger partial charge in [0.25, 0.3) is 0 Å². The standard InChI is InChI=1S/C16H22O3/c1-12(17)13-9-10-15(16(11-13)18-2)19-14-7-5-3-4-6-8-14/h9-11,14H,3-8H2,1-2H3. The van der Waals surface area contributed by atoms with Crippen LogP contribution in [0, 0.1) is 0 Å². The van der Waals surface area contributed by atoms with E-state index in [0.717, 1.165) is 18.6 Å². The van der Waals surface area contributed by atoms with E-state index in [9.17, 15) is 4.79 Å². The zero-order valence-electron chi connectivity index (χ0n) is 11.8. The molecule has 1 aliphatic carbocycles. The van der Waals surface area contributed by atoms with Crippen molar-refractivity contribution in [3.05, 3.63) is 23.8 Å². The molecule has 2 rings (SSSR count). The van der Waals surface area contributed by atoms with E-state index in [1.807, 2.05) is 6.07 Å². The predicted octanol–water partition coefficient (Wildman–Crippen LogP) is 4.00. The SMILES string of the molecule is COc1cc(C(C)=O)ccc1OC1CCCCCC1. The molecule has 1 aliphatic rings. The van der Waals surface area contributed by atoms with E-state index >= 15 is 0 Å². The maximum atomic E-state index is 11.4. The first kappa shape index (κ1) is 13.9. The van der Waals surface area contributed by atoms with Crippen molar-refractivity contribution < 1.29 is 14.3 Å². The summed E-state index contributed by atoms with van der Waals surface area (Å²) in [6.45, 7) is 1.56. The van der Waals surface area contributed by atoms with Crippen LogP contribution in [0.4, 0.5) is 0 Å². The molecule has 3 nitrogen and oxygen atoms in total. The first-order valence-corrected chi connectivity index (χ1v) is 7.06. The lowest BCUT2D eigenvalue weighted by Gasteiger charge is -2.19. The number of ketones is 1. The fraction of sp³-hybridized carbons (Fsp3) is 0.562. The van der Waals surface area contributed by atoms with E-state index in [2.05, 4.69) is 0 Å². The summed E-state index contributed by atoms with van der Waals surface area (Å²) in [4.78, 5) is 11.4. The van der Waals surface area contributed by atoms with Crippen molar-refractivity contribution in [2.45, 2.75) is 51.6 Å². The summed E-state index contributed by atoms with van der Waals surface area (Å²) in [6, 6.07) is 5.41. The molecule has 1 aromatic carbocycles. The molecule has 0 saturated heterocycles. The Morgan fingerprint density at radius 3 is 2.37 bits per heavy atom. The highest BCUT2D eigenvalue weighted by Gasteiger charge is 2.16. The molecule has 1 fully saturated rings. The molecule has 3 heteroatoms. The third-order valence-corrected chi connectivity index (χ3v) is 3.67. The predicted molar refractivity (Wildman–Crippen MR) is 75.1 cm³/mol. The Hall–Kier alpha value is -1.51. The Kier molecular flexibility index (Phi) is 4.83. The average Bonchev–Trinajstić information content (AvgIpc) is 2.67. The molecule has 0 amide bonds. The van der Waals surface area contributed by atoms with Crippen molar-refractivity contribution in [3.8, 4) is 11.5 Å². The van der Waals surface area contributed by atoms with Crippen LogP contribution in [0.3, 0.4) is 0 Å². The molecule has 0 aliphatic heterocycles. The molecule has 1 saturated carbocycles. The smallest absolute Gasteiger partial charge is 0.161 e. The Balaban J connectivity index is 2.12. The quantitative estimate of drug-likeness (QED) is 0.607. The zero-order valence-corrected chi connectivity index (χ0v) is 11.8. The number of hydrogen-bond acceptors (Lipinski definition) is 3. The van der Waals surface area contributed by atoms with Gasteiger partial charge < -0.3 is 9.47 Å². The van der Waals surface area contributed by atoms with Crippen molar-refractivity contribution in [3.63, 3.8) is 0 Å². The third kappa shape index (κ3) is 3.72. The summed E-state index contributed by atoms with van der Waals surface area (Å²) in [5.74, 6) is 1.44. The normalized spacial score (nSPS) is 16.7. The molecule has 0 spiro atoms. The van der Waals surface area contributed by atoms with Gasteiger partial charge in [0, 0.05) is 5.56 Å². The van der Waals surface area contributed by atoms with Crippen LogP contribution >= 0.6 is 0 Å². The van der Waals surface area contributed by atoms with E-state index in [4.69, 9.17) is 9.47 Å². The summed E-state index contributed by atoms with van der Waals surface area (Å²) >= 11 is 0. The molecule has 0 bridgehead atoms. The Morgan fingerprint density at radius 2 is 1.79 bits per heavy atom. The van der Waals surface area contributed by atoms with Crippen molar-refractivity contribution in [2.24, 2.45) is 0 Å². The first-order chi connectivity index (χ1) is 9.20. The maximum absolute atomic E-state index is 11.4. The van der Waals surface area contributed by atoms with Crippen LogP contribution in [-0.4, -0.2) is 19.0 Å². The molecule has 0 atom stereocenters. The third-order valence-electron chi connectivity index (χ3n) is 3.67. The molecule has 0 aromatic heterocycles. The topological polar surface area (TPSA) is 35.5 Å². The molecular weight excluding hydrogens is 240 g/mol. The highest BCUT2D eigenvalue weighted by Crippen LogP contribution is 2.31. The minimum Gasteiger partial charge on any atom is -0.493 e. The van der Waals surface area contributed by atoms with E-state index < -0.39 is 0 Å². The van der Waals surface area contributed by atoms with Crippen LogP contribution in [-0.2, 0) is 0 Å². The number of hydrogen-bond donors (Lipinski definition) is 0. The van der Waals surface area contributed by atoms with Crippen LogP contribution in [0.5, 0.6) is 11.5 Å². The summed E-state index contributed by atoms with van der Waals surface area (Å²) in [5, 5.41) is 0. The molecule has 0 heterocycles. The van der Waals surface area contributed by atoms with Gasteiger partial charge in [-0.25, -0.2) is 0 Å². The van der Waals surface area contributed by atoms with Crippen molar-refractivity contribution >= 4 is 5.78 Å². The fourth-order valence-corrected chi connectivity index (χ4v) is 2.52. The highest BCUT2D eigenvalue weighted by atomic mass is 16.5. The monoisotopic (exact) mass is 262 g/mol. The number of carbonyl (C=O) groups excluding carboxylic acids is 1. The van der Waals surface area contributed by atoms with E-state index in [0.29, 0.717) is 11.3 Å². The molecule has 104 valence electrons. The molecule has 0 N–H and O–H groups in total. The lowest BCUT2D eigenvalue weighted by atomic mass is 10.1. The van der Waals surface area contributed by atoms with Crippen molar-refractivity contribution in [1.29, 1.82) is 0 Å². The molecule has 0 radical (unpaired) electrons. The summed E-state index contributed by atoms with van der Waals surface area (Å²) in [6.07, 6.45) is 7.58. The number of methoxy groups -OCH3 is 1. The van der Waals surface area contributed by atoms with Gasteiger partial charge in [-0.15, -0.1) is 0 Å². The minimum atomic E-state index is 0.0410. The Labute approximate surface area is 114 Å². The summed E-state index contributed by atoms with van der Waals surface area (Å²) < 4.78 is 11.4. The fourth-order valence-electron chi connectivity index (χ4n) is 2.52. The number of carbonyl (C=O) groups is 1. The van der Waals surface area contributed by atoms with Crippen LogP contribution in [0.2, 0.25) is 0 Å². The van der Waals surface area contributed by atoms with E-state index in [1.165, 1.54) is 25.7 Å². The largest absolute Gasteiger partial charge is 0.493 e. The zero-order chi connectivity index (χ0) is 13.7. The molecule has 0 unspecified atom stereocenters. The second-order valence-corrected chi connectivity index (χ2v) is 5.15. The van der Waals surface area contributed by atoms with Gasteiger partial charge in [-0.2, -0.15) is 0 Å². The van der Waals surface area contributed by atoms with Gasteiger partial charge in [0.1, 0.15) is 0 Å². The lowest BCUT2D eigenvalue weighted by molar-refractivity contribution is 0.101. The highest BCUT2D eigenvalue weighted by molar-refractivity contribution is 5.94. The van der Waals surface area contributed by atoms with Gasteiger partial charge in [0.2, 0.25) is 0 Å². The average molecular weight is 262 g/mol. The summed E-state index contributed by atoms with van der Waals surface area (Å²) in [5.41, 5.74) is 0.657. The van der Waals surface area contributed by atoms with Crippen LogP contribution in [0.1, 0.15) is 55.8 Å². The minimum absolute atomic E-state index is 0.0410. The number of Topliss-reactive ketones (excluding diaryl/α,β-unsaturated/α-hetero) is 1. The molecule has 1 aromatic rings. The second kappa shape index (κ2) is 6.60. The Morgan fingerprint density at radius 1 is 1.11 bits per heavy atom. The van der Waals surface area contributed by atoms with Crippen LogP contribution in [0.15, 0.2) is 18.2 Å². The van der Waals surface area contributed by atoms with Crippen LogP contribution in [0.25, 0.3) is 0 Å². The second-order valence-electron chi connectivity index (χ2n) is 5.15. The number of rotatable bonds is 4. The van der Waals surface area contributed by atoms with Crippen LogP contribution < -0.4 is 9.47 Å². The summed E-state index contributed by atoms with van der Waals surface area (Å²) in [7, 11) is 1.61. The van der Waals surface area contributed by atoms with Gasteiger partial charge >= 0.3 is 0 Å². The van der Waals surface area contributed by atoms with Gasteiger partial charge in [0.15, 0.2) is 17.3 Å².